The summed E-state index contributed by atoms with van der Waals surface area (Å²) in [6.07, 6.45) is 2.78. The first-order chi connectivity index (χ1) is 8.63. The topological polar surface area (TPSA) is 44.1 Å². The van der Waals surface area contributed by atoms with Gasteiger partial charge in [0.1, 0.15) is 0 Å². The molecule has 0 aliphatic heterocycles. The van der Waals surface area contributed by atoms with Crippen molar-refractivity contribution in [2.75, 3.05) is 11.4 Å². The highest BCUT2D eigenvalue weighted by Crippen LogP contribution is 2.35. The maximum Gasteiger partial charge on any atom is 0.161 e. The summed E-state index contributed by atoms with van der Waals surface area (Å²) < 4.78 is 0.963. The van der Waals surface area contributed by atoms with E-state index in [4.69, 9.17) is 5.26 Å². The average Bonchev–Trinajstić information content (AvgIpc) is 3.13. The van der Waals surface area contributed by atoms with Crippen LogP contribution in [0.25, 0.3) is 0 Å². The van der Waals surface area contributed by atoms with Gasteiger partial charge in [-0.3, -0.25) is 4.79 Å². The van der Waals surface area contributed by atoms with Crippen LogP contribution in [0, 0.1) is 11.3 Å². The second-order valence-corrected chi connectivity index (χ2v) is 5.47. The van der Waals surface area contributed by atoms with Crippen LogP contribution in [-0.2, 0) is 0 Å². The van der Waals surface area contributed by atoms with E-state index in [0.29, 0.717) is 19.0 Å². The van der Waals surface area contributed by atoms with Crippen molar-refractivity contribution in [1.82, 2.24) is 0 Å². The molecular weight excluding hydrogens is 292 g/mol. The van der Waals surface area contributed by atoms with Crippen LogP contribution in [0.3, 0.4) is 0 Å². The van der Waals surface area contributed by atoms with E-state index in [0.717, 1.165) is 28.6 Å². The zero-order chi connectivity index (χ0) is 13.1. The molecule has 2 rings (SSSR count). The summed E-state index contributed by atoms with van der Waals surface area (Å²) in [6, 6.07) is 8.38. The van der Waals surface area contributed by atoms with E-state index in [-0.39, 0.29) is 5.78 Å². The maximum absolute atomic E-state index is 11.7. The zero-order valence-corrected chi connectivity index (χ0v) is 11.9. The summed E-state index contributed by atoms with van der Waals surface area (Å²) in [5, 5.41) is 8.74. The number of halogens is 1. The van der Waals surface area contributed by atoms with Gasteiger partial charge in [0.2, 0.25) is 0 Å². The molecule has 1 saturated carbocycles. The number of hydrogen-bond donors (Lipinski definition) is 0. The fourth-order valence-electron chi connectivity index (χ4n) is 2.10. The van der Waals surface area contributed by atoms with Crippen molar-refractivity contribution in [2.45, 2.75) is 32.2 Å². The second-order valence-electron chi connectivity index (χ2n) is 4.55. The number of carbonyl (C=O) groups excluding carboxylic acids is 1. The Hall–Kier alpha value is -1.34. The van der Waals surface area contributed by atoms with Gasteiger partial charge in [-0.05, 0) is 38.0 Å². The molecule has 0 amide bonds. The minimum Gasteiger partial charge on any atom is -0.367 e. The molecule has 1 fully saturated rings. The predicted molar refractivity (Wildman–Crippen MR) is 74.7 cm³/mol. The van der Waals surface area contributed by atoms with Crippen molar-refractivity contribution in [3.8, 4) is 6.07 Å². The molecule has 1 aromatic carbocycles. The van der Waals surface area contributed by atoms with Gasteiger partial charge in [0.15, 0.2) is 5.78 Å². The van der Waals surface area contributed by atoms with E-state index < -0.39 is 0 Å². The van der Waals surface area contributed by atoms with E-state index in [2.05, 4.69) is 26.9 Å². The van der Waals surface area contributed by atoms with E-state index in [1.165, 1.54) is 0 Å². The minimum absolute atomic E-state index is 0.0695. The largest absolute Gasteiger partial charge is 0.367 e. The lowest BCUT2D eigenvalue weighted by molar-refractivity contribution is 0.101. The van der Waals surface area contributed by atoms with Crippen molar-refractivity contribution in [1.29, 1.82) is 5.26 Å². The fourth-order valence-corrected chi connectivity index (χ4v) is 2.45. The molecule has 1 aliphatic rings. The quantitative estimate of drug-likeness (QED) is 0.782. The van der Waals surface area contributed by atoms with Gasteiger partial charge >= 0.3 is 0 Å². The summed E-state index contributed by atoms with van der Waals surface area (Å²) in [5.74, 6) is 0.0695. The number of anilines is 1. The van der Waals surface area contributed by atoms with E-state index in [1.807, 2.05) is 18.2 Å². The molecule has 0 atom stereocenters. The molecule has 1 aliphatic carbocycles. The Kier molecular flexibility index (Phi) is 4.03. The summed E-state index contributed by atoms with van der Waals surface area (Å²) in [5.41, 5.74) is 1.69. The zero-order valence-electron chi connectivity index (χ0n) is 10.3. The molecule has 1 aromatic rings. The third-order valence-corrected chi connectivity index (χ3v) is 3.59. The Balaban J connectivity index is 2.36. The van der Waals surface area contributed by atoms with Gasteiger partial charge in [0, 0.05) is 28.3 Å². The molecule has 0 radical (unpaired) electrons. The molecule has 94 valence electrons. The highest BCUT2D eigenvalue weighted by atomic mass is 79.9. The molecule has 0 aromatic heterocycles. The Morgan fingerprint density at radius 1 is 1.56 bits per heavy atom. The lowest BCUT2D eigenvalue weighted by Gasteiger charge is -2.25. The Bertz CT molecular complexity index is 503. The average molecular weight is 307 g/mol. The van der Waals surface area contributed by atoms with Crippen molar-refractivity contribution < 1.29 is 4.79 Å². The third-order valence-electron chi connectivity index (χ3n) is 3.10. The number of carbonyl (C=O) groups is 1. The smallest absolute Gasteiger partial charge is 0.161 e. The van der Waals surface area contributed by atoms with Gasteiger partial charge < -0.3 is 4.90 Å². The van der Waals surface area contributed by atoms with Gasteiger partial charge in [-0.2, -0.15) is 5.26 Å². The lowest BCUT2D eigenvalue weighted by Crippen LogP contribution is -2.28. The highest BCUT2D eigenvalue weighted by molar-refractivity contribution is 9.10. The van der Waals surface area contributed by atoms with Crippen LogP contribution in [0.4, 0.5) is 5.69 Å². The number of ketones is 1. The van der Waals surface area contributed by atoms with Gasteiger partial charge in [-0.15, -0.1) is 0 Å². The molecule has 18 heavy (non-hydrogen) atoms. The van der Waals surface area contributed by atoms with Gasteiger partial charge in [-0.1, -0.05) is 15.9 Å². The van der Waals surface area contributed by atoms with Crippen LogP contribution < -0.4 is 4.90 Å². The SMILES string of the molecule is CC(=O)c1ccc(Br)cc1N(CCC#N)C1CC1. The molecule has 3 nitrogen and oxygen atoms in total. The number of rotatable bonds is 5. The number of nitrogens with zero attached hydrogens (tertiary/aromatic N) is 2. The van der Waals surface area contributed by atoms with Crippen molar-refractivity contribution in [3.05, 3.63) is 28.2 Å². The second kappa shape index (κ2) is 5.53. The molecule has 0 bridgehead atoms. The predicted octanol–water partition coefficient (Wildman–Crippen LogP) is 3.53. The van der Waals surface area contributed by atoms with Gasteiger partial charge in [0.05, 0.1) is 12.5 Å². The van der Waals surface area contributed by atoms with E-state index in [1.54, 1.807) is 6.92 Å². The van der Waals surface area contributed by atoms with Crippen LogP contribution in [0.1, 0.15) is 36.5 Å². The summed E-state index contributed by atoms with van der Waals surface area (Å²) >= 11 is 3.45. The highest BCUT2D eigenvalue weighted by Gasteiger charge is 2.30. The van der Waals surface area contributed by atoms with Gasteiger partial charge in [0.25, 0.3) is 0 Å². The minimum atomic E-state index is 0.0695. The maximum atomic E-state index is 11.7. The summed E-state index contributed by atoms with van der Waals surface area (Å²) in [7, 11) is 0. The number of Topliss-reactive ketones (excluding diaryl/α,β-unsaturated/α-hetero) is 1. The molecular formula is C14H15BrN2O. The molecule has 4 heteroatoms. The standard InChI is InChI=1S/C14H15BrN2O/c1-10(18)13-6-3-11(15)9-14(13)17(8-2-7-16)12-4-5-12/h3,6,9,12H,2,4-5,8H2,1H3. The monoisotopic (exact) mass is 306 g/mol. The van der Waals surface area contributed by atoms with Crippen molar-refractivity contribution in [2.24, 2.45) is 0 Å². The molecule has 0 unspecified atom stereocenters. The van der Waals surface area contributed by atoms with Crippen LogP contribution in [0.2, 0.25) is 0 Å². The first-order valence-electron chi connectivity index (χ1n) is 6.07. The molecule has 0 heterocycles. The third kappa shape index (κ3) is 2.91. The first kappa shape index (κ1) is 13.1. The first-order valence-corrected chi connectivity index (χ1v) is 6.87. The number of hydrogen-bond acceptors (Lipinski definition) is 3. The summed E-state index contributed by atoms with van der Waals surface area (Å²) in [4.78, 5) is 13.9. The fraction of sp³-hybridized carbons (Fsp3) is 0.429. The Morgan fingerprint density at radius 2 is 2.28 bits per heavy atom. The Morgan fingerprint density at radius 3 is 2.83 bits per heavy atom. The number of nitriles is 1. The van der Waals surface area contributed by atoms with Crippen LogP contribution in [0.5, 0.6) is 0 Å². The number of benzene rings is 1. The lowest BCUT2D eigenvalue weighted by atomic mass is 10.1. The van der Waals surface area contributed by atoms with Gasteiger partial charge in [-0.25, -0.2) is 0 Å². The normalized spacial score (nSPS) is 14.1. The summed E-state index contributed by atoms with van der Waals surface area (Å²) in [6.45, 7) is 2.28. The molecule has 0 saturated heterocycles. The molecule has 0 N–H and O–H groups in total. The van der Waals surface area contributed by atoms with E-state index in [9.17, 15) is 4.79 Å². The van der Waals surface area contributed by atoms with E-state index >= 15 is 0 Å². The van der Waals surface area contributed by atoms with Crippen molar-refractivity contribution >= 4 is 27.4 Å². The Labute approximate surface area is 116 Å². The molecule has 0 spiro atoms. The van der Waals surface area contributed by atoms with Crippen LogP contribution >= 0.6 is 15.9 Å². The van der Waals surface area contributed by atoms with Crippen molar-refractivity contribution in [3.63, 3.8) is 0 Å². The van der Waals surface area contributed by atoms with Crippen LogP contribution in [0.15, 0.2) is 22.7 Å². The van der Waals surface area contributed by atoms with Crippen LogP contribution in [-0.4, -0.2) is 18.4 Å².